The number of halogens is 1. The van der Waals surface area contributed by atoms with Crippen molar-refractivity contribution in [1.82, 2.24) is 10.2 Å². The Morgan fingerprint density at radius 3 is 2.53 bits per heavy atom. The molecule has 1 unspecified atom stereocenters. The van der Waals surface area contributed by atoms with Gasteiger partial charge in [0.05, 0.1) is 11.5 Å². The molecule has 1 atom stereocenters. The lowest BCUT2D eigenvalue weighted by molar-refractivity contribution is -0.126. The van der Waals surface area contributed by atoms with Crippen molar-refractivity contribution in [3.05, 3.63) is 101 Å². The highest BCUT2D eigenvalue weighted by molar-refractivity contribution is 6.05. The van der Waals surface area contributed by atoms with Crippen molar-refractivity contribution in [2.45, 2.75) is 25.7 Å². The number of carbonyl (C=O) groups is 3. The predicted molar refractivity (Wildman–Crippen MR) is 137 cm³/mol. The van der Waals surface area contributed by atoms with E-state index in [-0.39, 0.29) is 23.3 Å². The molecule has 3 aromatic rings. The van der Waals surface area contributed by atoms with Gasteiger partial charge in [-0.25, -0.2) is 4.39 Å². The van der Waals surface area contributed by atoms with Crippen LogP contribution < -0.4 is 10.6 Å². The number of aryl methyl sites for hydroxylation is 1. The Morgan fingerprint density at radius 2 is 1.72 bits per heavy atom. The van der Waals surface area contributed by atoms with E-state index in [9.17, 15) is 18.8 Å². The van der Waals surface area contributed by atoms with Gasteiger partial charge < -0.3 is 15.5 Å². The average Bonchev–Trinajstić information content (AvgIpc) is 2.91. The fourth-order valence-electron chi connectivity index (χ4n) is 4.43. The summed E-state index contributed by atoms with van der Waals surface area (Å²) in [4.78, 5) is 40.0. The smallest absolute Gasteiger partial charge is 0.258 e. The second-order valence-corrected chi connectivity index (χ2v) is 8.99. The average molecular weight is 488 g/mol. The van der Waals surface area contributed by atoms with Gasteiger partial charge in [-0.2, -0.15) is 0 Å². The highest BCUT2D eigenvalue weighted by atomic mass is 19.1. The highest BCUT2D eigenvalue weighted by Gasteiger charge is 2.29. The fourth-order valence-corrected chi connectivity index (χ4v) is 4.43. The number of nitrogens with zero attached hydrogens (tertiary/aromatic N) is 1. The zero-order valence-corrected chi connectivity index (χ0v) is 20.1. The largest absolute Gasteiger partial charge is 0.356 e. The number of rotatable bonds is 8. The molecule has 3 amide bonds. The van der Waals surface area contributed by atoms with Crippen molar-refractivity contribution < 1.29 is 18.8 Å². The Bertz CT molecular complexity index is 1220. The second-order valence-electron chi connectivity index (χ2n) is 8.99. The Balaban J connectivity index is 1.30. The zero-order valence-electron chi connectivity index (χ0n) is 20.1. The van der Waals surface area contributed by atoms with E-state index < -0.39 is 11.7 Å². The topological polar surface area (TPSA) is 78.5 Å². The van der Waals surface area contributed by atoms with Crippen LogP contribution in [0.25, 0.3) is 0 Å². The van der Waals surface area contributed by atoms with Crippen LogP contribution in [0.4, 0.5) is 10.1 Å². The van der Waals surface area contributed by atoms with Gasteiger partial charge in [0.25, 0.3) is 11.8 Å². The number of benzene rings is 3. The number of carbonyl (C=O) groups excluding carboxylic acids is 3. The van der Waals surface area contributed by atoms with Gasteiger partial charge >= 0.3 is 0 Å². The molecule has 0 aromatic heterocycles. The summed E-state index contributed by atoms with van der Waals surface area (Å²) < 4.78 is 13.9. The van der Waals surface area contributed by atoms with Gasteiger partial charge in [-0.3, -0.25) is 14.4 Å². The first kappa shape index (κ1) is 25.1. The maximum Gasteiger partial charge on any atom is 0.258 e. The van der Waals surface area contributed by atoms with Gasteiger partial charge in [0.15, 0.2) is 0 Å². The molecular formula is C29H30FN3O3. The maximum absolute atomic E-state index is 13.9. The van der Waals surface area contributed by atoms with Gasteiger partial charge in [-0.05, 0) is 61.6 Å². The van der Waals surface area contributed by atoms with Gasteiger partial charge in [0, 0.05) is 30.9 Å². The van der Waals surface area contributed by atoms with Crippen LogP contribution >= 0.6 is 0 Å². The van der Waals surface area contributed by atoms with Crippen LogP contribution in [0.1, 0.15) is 45.5 Å². The summed E-state index contributed by atoms with van der Waals surface area (Å²) in [6.45, 7) is 1.53. The van der Waals surface area contributed by atoms with E-state index >= 15 is 0 Å². The summed E-state index contributed by atoms with van der Waals surface area (Å²) in [6, 6.07) is 22.5. The third kappa shape index (κ3) is 6.56. The number of anilines is 1. The van der Waals surface area contributed by atoms with E-state index in [1.807, 2.05) is 18.2 Å². The lowest BCUT2D eigenvalue weighted by Crippen LogP contribution is -2.45. The van der Waals surface area contributed by atoms with Crippen LogP contribution in [0, 0.1) is 11.7 Å². The van der Waals surface area contributed by atoms with E-state index in [2.05, 4.69) is 22.8 Å². The first-order valence-corrected chi connectivity index (χ1v) is 12.3. The molecule has 6 nitrogen and oxygen atoms in total. The molecule has 0 saturated carbocycles. The Hall–Kier alpha value is -4.00. The minimum absolute atomic E-state index is 0.0218. The van der Waals surface area contributed by atoms with Gasteiger partial charge in [-0.1, -0.05) is 48.5 Å². The van der Waals surface area contributed by atoms with Crippen molar-refractivity contribution in [2.24, 2.45) is 5.92 Å². The van der Waals surface area contributed by atoms with E-state index in [0.29, 0.717) is 30.9 Å². The molecule has 0 radical (unpaired) electrons. The number of amides is 3. The van der Waals surface area contributed by atoms with Crippen molar-refractivity contribution in [3.8, 4) is 0 Å². The number of hydrogen-bond donors (Lipinski definition) is 2. The van der Waals surface area contributed by atoms with E-state index in [4.69, 9.17) is 0 Å². The summed E-state index contributed by atoms with van der Waals surface area (Å²) in [7, 11) is 0. The van der Waals surface area contributed by atoms with Crippen LogP contribution in [0.5, 0.6) is 0 Å². The highest BCUT2D eigenvalue weighted by Crippen LogP contribution is 2.21. The quantitative estimate of drug-likeness (QED) is 0.453. The van der Waals surface area contributed by atoms with Crippen molar-refractivity contribution >= 4 is 23.4 Å². The molecule has 1 saturated heterocycles. The van der Waals surface area contributed by atoms with Crippen LogP contribution in [-0.4, -0.2) is 42.3 Å². The number of likely N-dealkylation sites (tertiary alicyclic amines) is 1. The predicted octanol–water partition coefficient (Wildman–Crippen LogP) is 4.68. The van der Waals surface area contributed by atoms with Crippen molar-refractivity contribution in [3.63, 3.8) is 0 Å². The summed E-state index contributed by atoms with van der Waals surface area (Å²) in [5.74, 6) is -1.66. The number of hydrogen-bond acceptors (Lipinski definition) is 3. The minimum atomic E-state index is -0.611. The van der Waals surface area contributed by atoms with Crippen molar-refractivity contribution in [2.75, 3.05) is 25.0 Å². The molecule has 1 aliphatic rings. The standard InChI is InChI=1S/C29H30FN3O3/c30-26-16-5-4-15-25(26)28(35)32-24-14-6-12-22(19-24)29(36)33-18-8-13-23(20-33)27(34)31-17-7-11-21-9-2-1-3-10-21/h1-6,9-10,12,14-16,19,23H,7-8,11,13,17-18,20H2,(H,31,34)(H,32,35). The van der Waals surface area contributed by atoms with Gasteiger partial charge in [0.2, 0.25) is 5.91 Å². The van der Waals surface area contributed by atoms with E-state index in [0.717, 1.165) is 25.7 Å². The molecule has 2 N–H and O–H groups in total. The second kappa shape index (κ2) is 12.1. The molecule has 1 fully saturated rings. The molecule has 0 spiro atoms. The summed E-state index contributed by atoms with van der Waals surface area (Å²) in [6.07, 6.45) is 3.25. The third-order valence-electron chi connectivity index (χ3n) is 6.35. The van der Waals surface area contributed by atoms with Crippen LogP contribution in [0.2, 0.25) is 0 Å². The maximum atomic E-state index is 13.9. The first-order valence-electron chi connectivity index (χ1n) is 12.3. The normalized spacial score (nSPS) is 15.2. The fraction of sp³-hybridized carbons (Fsp3) is 0.276. The zero-order chi connectivity index (χ0) is 25.3. The summed E-state index contributed by atoms with van der Waals surface area (Å²) >= 11 is 0. The minimum Gasteiger partial charge on any atom is -0.356 e. The molecule has 1 heterocycles. The van der Waals surface area contributed by atoms with Crippen LogP contribution in [0.3, 0.4) is 0 Å². The van der Waals surface area contributed by atoms with E-state index in [1.165, 1.54) is 23.8 Å². The lowest BCUT2D eigenvalue weighted by Gasteiger charge is -2.32. The number of piperidine rings is 1. The van der Waals surface area contributed by atoms with Gasteiger partial charge in [-0.15, -0.1) is 0 Å². The molecule has 0 aliphatic carbocycles. The first-order chi connectivity index (χ1) is 17.5. The molecule has 0 bridgehead atoms. The molecule has 36 heavy (non-hydrogen) atoms. The third-order valence-corrected chi connectivity index (χ3v) is 6.35. The Labute approximate surface area is 210 Å². The van der Waals surface area contributed by atoms with E-state index in [1.54, 1.807) is 35.2 Å². The monoisotopic (exact) mass is 487 g/mol. The summed E-state index contributed by atoms with van der Waals surface area (Å²) in [5.41, 5.74) is 1.99. The Morgan fingerprint density at radius 1 is 0.944 bits per heavy atom. The molecule has 3 aromatic carbocycles. The van der Waals surface area contributed by atoms with Crippen molar-refractivity contribution in [1.29, 1.82) is 0 Å². The molecular weight excluding hydrogens is 457 g/mol. The SMILES string of the molecule is O=C(Nc1cccc(C(=O)N2CCCC(C(=O)NCCCc3ccccc3)C2)c1)c1ccccc1F. The Kier molecular flexibility index (Phi) is 8.44. The molecule has 1 aliphatic heterocycles. The summed E-state index contributed by atoms with van der Waals surface area (Å²) in [5, 5.41) is 5.67. The lowest BCUT2D eigenvalue weighted by atomic mass is 9.96. The van der Waals surface area contributed by atoms with Crippen LogP contribution in [-0.2, 0) is 11.2 Å². The number of nitrogens with one attached hydrogen (secondary N) is 2. The molecule has 7 heteroatoms. The van der Waals surface area contributed by atoms with Crippen LogP contribution in [0.15, 0.2) is 78.9 Å². The molecule has 4 rings (SSSR count). The van der Waals surface area contributed by atoms with Gasteiger partial charge in [0.1, 0.15) is 5.82 Å². The molecule has 186 valence electrons.